The Morgan fingerprint density at radius 3 is 2.38 bits per heavy atom. The van der Waals surface area contributed by atoms with E-state index in [1.807, 2.05) is 0 Å². The van der Waals surface area contributed by atoms with Crippen LogP contribution < -0.4 is 5.32 Å². The monoisotopic (exact) mass is 408 g/mol. The molecule has 0 aliphatic carbocycles. The van der Waals surface area contributed by atoms with Crippen LogP contribution in [0.25, 0.3) is 0 Å². The lowest BCUT2D eigenvalue weighted by Gasteiger charge is -2.29. The highest BCUT2D eigenvalue weighted by molar-refractivity contribution is 6.04. The fraction of sp³-hybridized carbons (Fsp3) is 0.333. The molecule has 1 N–H and O–H groups in total. The van der Waals surface area contributed by atoms with Gasteiger partial charge in [-0.3, -0.25) is 9.59 Å². The van der Waals surface area contributed by atoms with E-state index in [0.717, 1.165) is 23.1 Å². The van der Waals surface area contributed by atoms with E-state index in [0.29, 0.717) is 0 Å². The molecule has 0 radical (unpaired) electrons. The van der Waals surface area contributed by atoms with E-state index in [9.17, 15) is 27.2 Å². The van der Waals surface area contributed by atoms with E-state index in [1.54, 1.807) is 20.8 Å². The van der Waals surface area contributed by atoms with Gasteiger partial charge in [-0.15, -0.1) is 0 Å². The number of hydrogen-bond donors (Lipinski definition) is 1. The third kappa shape index (κ3) is 4.26. The van der Waals surface area contributed by atoms with Gasteiger partial charge in [0, 0.05) is 17.6 Å². The Balaban J connectivity index is 2.05. The first-order valence-corrected chi connectivity index (χ1v) is 8.96. The summed E-state index contributed by atoms with van der Waals surface area (Å²) in [4.78, 5) is 26.9. The van der Waals surface area contributed by atoms with E-state index >= 15 is 0 Å². The topological polar surface area (TPSA) is 49.4 Å². The Bertz CT molecular complexity index is 964. The number of halogens is 4. The fourth-order valence-electron chi connectivity index (χ4n) is 3.40. The molecule has 1 aliphatic heterocycles. The zero-order chi connectivity index (χ0) is 21.6. The molecule has 0 bridgehead atoms. The maximum atomic E-state index is 13.8. The first kappa shape index (κ1) is 20.8. The summed E-state index contributed by atoms with van der Waals surface area (Å²) in [5.74, 6) is -1.84. The zero-order valence-electron chi connectivity index (χ0n) is 16.1. The second-order valence-electron chi connectivity index (χ2n) is 7.96. The molecule has 2 aromatic rings. The van der Waals surface area contributed by atoms with Crippen LogP contribution in [-0.4, -0.2) is 22.3 Å². The van der Waals surface area contributed by atoms with Crippen LogP contribution in [0.2, 0.25) is 0 Å². The van der Waals surface area contributed by atoms with Gasteiger partial charge in [0.15, 0.2) is 0 Å². The summed E-state index contributed by atoms with van der Waals surface area (Å²) in [5, 5.41) is 2.73. The molecule has 4 nitrogen and oxygen atoms in total. The average Bonchev–Trinajstić information content (AvgIpc) is 2.84. The Kier molecular flexibility index (Phi) is 5.15. The summed E-state index contributed by atoms with van der Waals surface area (Å²) in [6.45, 7) is 4.76. The molecule has 0 saturated carbocycles. The normalized spacial score (nSPS) is 16.7. The van der Waals surface area contributed by atoms with Crippen molar-refractivity contribution < 1.29 is 27.2 Å². The van der Waals surface area contributed by atoms with Crippen molar-refractivity contribution in [2.75, 3.05) is 0 Å². The predicted molar refractivity (Wildman–Crippen MR) is 98.4 cm³/mol. The molecule has 29 heavy (non-hydrogen) atoms. The van der Waals surface area contributed by atoms with E-state index < -0.39 is 47.5 Å². The number of fused-ring (bicyclic) bond motifs is 1. The maximum absolute atomic E-state index is 13.8. The van der Waals surface area contributed by atoms with Crippen molar-refractivity contribution in [2.45, 2.75) is 45.1 Å². The van der Waals surface area contributed by atoms with Crippen LogP contribution in [0.5, 0.6) is 0 Å². The molecule has 154 valence electrons. The maximum Gasteiger partial charge on any atom is 0.416 e. The number of nitrogens with one attached hydrogen (secondary N) is 1. The van der Waals surface area contributed by atoms with E-state index in [4.69, 9.17) is 0 Å². The van der Waals surface area contributed by atoms with Crippen molar-refractivity contribution in [1.29, 1.82) is 0 Å². The van der Waals surface area contributed by atoms with Gasteiger partial charge in [0.05, 0.1) is 5.56 Å². The van der Waals surface area contributed by atoms with Crippen molar-refractivity contribution in [3.05, 3.63) is 70.5 Å². The molecule has 3 rings (SSSR count). The first-order chi connectivity index (χ1) is 13.4. The van der Waals surface area contributed by atoms with Gasteiger partial charge >= 0.3 is 6.18 Å². The van der Waals surface area contributed by atoms with Crippen LogP contribution in [0.1, 0.15) is 53.9 Å². The Morgan fingerprint density at radius 2 is 1.76 bits per heavy atom. The smallest absolute Gasteiger partial charge is 0.349 e. The molecule has 8 heteroatoms. The lowest BCUT2D eigenvalue weighted by Crippen LogP contribution is -2.46. The molecule has 1 atom stereocenters. The van der Waals surface area contributed by atoms with Crippen molar-refractivity contribution >= 4 is 11.8 Å². The number of hydrogen-bond acceptors (Lipinski definition) is 2. The number of rotatable bonds is 3. The number of carbonyl (C=O) groups is 2. The van der Waals surface area contributed by atoms with Crippen LogP contribution in [0, 0.1) is 5.82 Å². The molecule has 1 aliphatic rings. The van der Waals surface area contributed by atoms with E-state index in [2.05, 4.69) is 5.32 Å². The van der Waals surface area contributed by atoms with Crippen molar-refractivity contribution in [2.24, 2.45) is 0 Å². The van der Waals surface area contributed by atoms with Crippen LogP contribution >= 0.6 is 0 Å². The minimum Gasteiger partial charge on any atom is -0.349 e. The largest absolute Gasteiger partial charge is 0.416 e. The van der Waals surface area contributed by atoms with Crippen LogP contribution in [-0.2, 0) is 17.5 Å². The summed E-state index contributed by atoms with van der Waals surface area (Å²) in [6, 6.07) is 7.06. The van der Waals surface area contributed by atoms with Gasteiger partial charge in [0.2, 0.25) is 5.91 Å². The molecular weight excluding hydrogens is 388 g/mol. The summed E-state index contributed by atoms with van der Waals surface area (Å²) < 4.78 is 54.0. The zero-order valence-corrected chi connectivity index (χ0v) is 16.1. The second kappa shape index (κ2) is 7.17. The molecule has 0 spiro atoms. The Labute approximate surface area is 165 Å². The fourth-order valence-corrected chi connectivity index (χ4v) is 3.40. The molecular formula is C21H20F4N2O2. The SMILES string of the molecule is CC(C)(C)NC(=O)C1c2cc(F)ccc2C(=O)N1Cc1ccccc1C(F)(F)F. The number of alkyl halides is 3. The van der Waals surface area contributed by atoms with E-state index in [1.165, 1.54) is 24.3 Å². The molecule has 0 aromatic heterocycles. The van der Waals surface area contributed by atoms with Gasteiger partial charge in [0.1, 0.15) is 11.9 Å². The van der Waals surface area contributed by atoms with Gasteiger partial charge in [-0.1, -0.05) is 18.2 Å². The molecule has 0 fully saturated rings. The van der Waals surface area contributed by atoms with Gasteiger partial charge in [-0.05, 0) is 56.2 Å². The lowest BCUT2D eigenvalue weighted by molar-refractivity contribution is -0.138. The minimum atomic E-state index is -4.61. The third-order valence-corrected chi connectivity index (χ3v) is 4.52. The van der Waals surface area contributed by atoms with Crippen LogP contribution in [0.4, 0.5) is 17.6 Å². The summed E-state index contributed by atoms with van der Waals surface area (Å²) in [6.07, 6.45) is -4.61. The molecule has 1 heterocycles. The van der Waals surface area contributed by atoms with Gasteiger partial charge in [-0.25, -0.2) is 4.39 Å². The number of carbonyl (C=O) groups excluding carboxylic acids is 2. The van der Waals surface area contributed by atoms with E-state index in [-0.39, 0.29) is 16.7 Å². The number of amides is 2. The van der Waals surface area contributed by atoms with Crippen LogP contribution in [0.3, 0.4) is 0 Å². The Morgan fingerprint density at radius 1 is 1.10 bits per heavy atom. The Hall–Kier alpha value is -2.90. The molecule has 2 amide bonds. The predicted octanol–water partition coefficient (Wildman–Crippen LogP) is 4.46. The average molecular weight is 408 g/mol. The van der Waals surface area contributed by atoms with Crippen molar-refractivity contribution in [3.8, 4) is 0 Å². The van der Waals surface area contributed by atoms with Crippen molar-refractivity contribution in [1.82, 2.24) is 10.2 Å². The van der Waals surface area contributed by atoms with Gasteiger partial charge in [0.25, 0.3) is 5.91 Å². The molecule has 0 saturated heterocycles. The minimum absolute atomic E-state index is 0.102. The van der Waals surface area contributed by atoms with Crippen LogP contribution in [0.15, 0.2) is 42.5 Å². The second-order valence-corrected chi connectivity index (χ2v) is 7.96. The highest BCUT2D eigenvalue weighted by Gasteiger charge is 2.43. The summed E-state index contributed by atoms with van der Waals surface area (Å²) in [5.41, 5.74) is -1.43. The number of benzene rings is 2. The molecule has 2 aromatic carbocycles. The van der Waals surface area contributed by atoms with Crippen molar-refractivity contribution in [3.63, 3.8) is 0 Å². The van der Waals surface area contributed by atoms with Gasteiger partial charge in [-0.2, -0.15) is 13.2 Å². The third-order valence-electron chi connectivity index (χ3n) is 4.52. The summed E-state index contributed by atoms with van der Waals surface area (Å²) in [7, 11) is 0. The number of nitrogens with zero attached hydrogens (tertiary/aromatic N) is 1. The highest BCUT2D eigenvalue weighted by Crippen LogP contribution is 2.38. The quantitative estimate of drug-likeness (QED) is 0.763. The summed E-state index contributed by atoms with van der Waals surface area (Å²) >= 11 is 0. The standard InChI is InChI=1S/C21H20F4N2O2/c1-20(2,3)26-18(28)17-15-10-13(22)8-9-14(15)19(29)27(17)11-12-6-4-5-7-16(12)21(23,24)25/h4-10,17H,11H2,1-3H3,(H,26,28). The lowest BCUT2D eigenvalue weighted by atomic mass is 10.0. The van der Waals surface area contributed by atoms with Gasteiger partial charge < -0.3 is 10.2 Å². The first-order valence-electron chi connectivity index (χ1n) is 8.96. The molecule has 1 unspecified atom stereocenters. The highest BCUT2D eigenvalue weighted by atomic mass is 19.4.